The first-order valence-electron chi connectivity index (χ1n) is 5.65. The van der Waals surface area contributed by atoms with Crippen LogP contribution in [0, 0.1) is 24.4 Å². The monoisotopic (exact) mass is 281 g/mol. The summed E-state index contributed by atoms with van der Waals surface area (Å²) in [6.07, 6.45) is 0. The van der Waals surface area contributed by atoms with Crippen molar-refractivity contribution in [2.24, 2.45) is 0 Å². The molecule has 0 aliphatic carbocycles. The predicted molar refractivity (Wildman–Crippen MR) is 67.7 cm³/mol. The number of carboxylic acid groups (broad SMARTS) is 1. The van der Waals surface area contributed by atoms with Crippen molar-refractivity contribution in [2.45, 2.75) is 6.92 Å². The van der Waals surface area contributed by atoms with Gasteiger partial charge in [-0.3, -0.25) is 0 Å². The molecule has 2 N–H and O–H groups in total. The molecule has 0 bridgehead atoms. The maximum absolute atomic E-state index is 13.8. The van der Waals surface area contributed by atoms with E-state index >= 15 is 0 Å². The van der Waals surface area contributed by atoms with Gasteiger partial charge in [-0.25, -0.2) is 18.0 Å². The van der Waals surface area contributed by atoms with Gasteiger partial charge in [-0.2, -0.15) is 0 Å². The summed E-state index contributed by atoms with van der Waals surface area (Å²) in [5.41, 5.74) is -0.994. The second-order valence-corrected chi connectivity index (χ2v) is 4.15. The van der Waals surface area contributed by atoms with E-state index in [1.165, 1.54) is 31.2 Å². The van der Waals surface area contributed by atoms with Crippen LogP contribution in [0.5, 0.6) is 0 Å². The highest BCUT2D eigenvalue weighted by atomic mass is 19.2. The number of aryl methyl sites for hydroxylation is 1. The number of carbonyl (C=O) groups is 1. The number of anilines is 2. The quantitative estimate of drug-likeness (QED) is 0.840. The van der Waals surface area contributed by atoms with Crippen LogP contribution in [-0.4, -0.2) is 11.1 Å². The van der Waals surface area contributed by atoms with Gasteiger partial charge >= 0.3 is 5.97 Å². The average molecular weight is 281 g/mol. The number of para-hydroxylation sites is 1. The average Bonchev–Trinajstić information content (AvgIpc) is 2.41. The molecule has 3 nitrogen and oxygen atoms in total. The van der Waals surface area contributed by atoms with Crippen molar-refractivity contribution < 1.29 is 23.1 Å². The summed E-state index contributed by atoms with van der Waals surface area (Å²) in [5.74, 6) is -4.83. The summed E-state index contributed by atoms with van der Waals surface area (Å²) in [6.45, 7) is 1.28. The van der Waals surface area contributed by atoms with Gasteiger partial charge in [0.1, 0.15) is 5.69 Å². The molecule has 2 aromatic rings. The number of hydrogen-bond donors (Lipinski definition) is 2. The topological polar surface area (TPSA) is 49.3 Å². The van der Waals surface area contributed by atoms with Crippen LogP contribution in [-0.2, 0) is 0 Å². The maximum atomic E-state index is 13.8. The second kappa shape index (κ2) is 5.24. The van der Waals surface area contributed by atoms with Crippen LogP contribution in [0.15, 0.2) is 30.3 Å². The summed E-state index contributed by atoms with van der Waals surface area (Å²) < 4.78 is 40.8. The lowest BCUT2D eigenvalue weighted by molar-refractivity contribution is 0.0698. The Kier molecular flexibility index (Phi) is 3.65. The molecule has 20 heavy (non-hydrogen) atoms. The molecule has 0 saturated heterocycles. The van der Waals surface area contributed by atoms with E-state index in [2.05, 4.69) is 5.32 Å². The molecule has 0 aliphatic heterocycles. The van der Waals surface area contributed by atoms with Crippen LogP contribution in [0.4, 0.5) is 24.5 Å². The highest BCUT2D eigenvalue weighted by Gasteiger charge is 2.19. The second-order valence-electron chi connectivity index (χ2n) is 4.15. The number of aromatic carboxylic acids is 1. The molecule has 0 heterocycles. The smallest absolute Gasteiger partial charge is 0.337 e. The molecule has 0 amide bonds. The summed E-state index contributed by atoms with van der Waals surface area (Å²) in [6, 6.07) is 6.31. The zero-order valence-corrected chi connectivity index (χ0v) is 10.4. The lowest BCUT2D eigenvalue weighted by Gasteiger charge is -2.13. The fourth-order valence-corrected chi connectivity index (χ4v) is 1.75. The zero-order valence-electron chi connectivity index (χ0n) is 10.4. The Labute approximate surface area is 112 Å². The minimum atomic E-state index is -1.40. The van der Waals surface area contributed by atoms with Crippen molar-refractivity contribution in [3.8, 4) is 0 Å². The molecule has 0 radical (unpaired) electrons. The minimum Gasteiger partial charge on any atom is -0.478 e. The highest BCUT2D eigenvalue weighted by molar-refractivity contribution is 5.95. The molecule has 0 unspecified atom stereocenters. The van der Waals surface area contributed by atoms with Crippen LogP contribution in [0.3, 0.4) is 0 Å². The number of carboxylic acids is 1. The number of hydrogen-bond acceptors (Lipinski definition) is 2. The van der Waals surface area contributed by atoms with Gasteiger partial charge in [-0.05, 0) is 30.7 Å². The van der Waals surface area contributed by atoms with Gasteiger partial charge in [0.25, 0.3) is 0 Å². The van der Waals surface area contributed by atoms with Gasteiger partial charge in [0.05, 0.1) is 11.3 Å². The molecule has 6 heteroatoms. The van der Waals surface area contributed by atoms with E-state index in [0.29, 0.717) is 0 Å². The van der Waals surface area contributed by atoms with Crippen molar-refractivity contribution in [1.29, 1.82) is 0 Å². The maximum Gasteiger partial charge on any atom is 0.337 e. The van der Waals surface area contributed by atoms with E-state index in [1.807, 2.05) is 0 Å². The fraction of sp³-hybridized carbons (Fsp3) is 0.0714. The number of halogens is 3. The van der Waals surface area contributed by atoms with Crippen LogP contribution in [0.2, 0.25) is 0 Å². The summed E-state index contributed by atoms with van der Waals surface area (Å²) in [5, 5.41) is 11.3. The van der Waals surface area contributed by atoms with E-state index in [4.69, 9.17) is 5.11 Å². The van der Waals surface area contributed by atoms with Crippen LogP contribution in [0.1, 0.15) is 15.9 Å². The normalized spacial score (nSPS) is 10.4. The standard InChI is InChI=1S/C14H10F3NO2/c1-7-6-9(15)12(17)13(11(7)16)18-10-5-3-2-4-8(10)14(19)20/h2-6,18H,1H3,(H,19,20). The van der Waals surface area contributed by atoms with Crippen molar-refractivity contribution >= 4 is 17.3 Å². The predicted octanol–water partition coefficient (Wildman–Crippen LogP) is 3.85. The Bertz CT molecular complexity index is 660. The Morgan fingerprint density at radius 3 is 2.45 bits per heavy atom. The fourth-order valence-electron chi connectivity index (χ4n) is 1.75. The van der Waals surface area contributed by atoms with Crippen molar-refractivity contribution in [3.63, 3.8) is 0 Å². The molecule has 0 spiro atoms. The van der Waals surface area contributed by atoms with E-state index in [-0.39, 0.29) is 16.8 Å². The number of benzene rings is 2. The summed E-state index contributed by atoms with van der Waals surface area (Å²) in [4.78, 5) is 11.0. The first-order chi connectivity index (χ1) is 9.41. The molecule has 2 aromatic carbocycles. The van der Waals surface area contributed by atoms with Crippen LogP contribution >= 0.6 is 0 Å². The van der Waals surface area contributed by atoms with Gasteiger partial charge in [-0.15, -0.1) is 0 Å². The molecule has 0 fully saturated rings. The van der Waals surface area contributed by atoms with Crippen LogP contribution < -0.4 is 5.32 Å². The van der Waals surface area contributed by atoms with E-state index in [1.54, 1.807) is 0 Å². The largest absolute Gasteiger partial charge is 0.478 e. The van der Waals surface area contributed by atoms with E-state index in [9.17, 15) is 18.0 Å². The third kappa shape index (κ3) is 2.45. The molecule has 104 valence electrons. The Morgan fingerprint density at radius 2 is 1.80 bits per heavy atom. The zero-order chi connectivity index (χ0) is 14.9. The molecule has 2 rings (SSSR count). The molecular weight excluding hydrogens is 271 g/mol. The number of rotatable bonds is 3. The third-order valence-corrected chi connectivity index (χ3v) is 2.76. The summed E-state index contributed by atoms with van der Waals surface area (Å²) >= 11 is 0. The Morgan fingerprint density at radius 1 is 1.15 bits per heavy atom. The van der Waals surface area contributed by atoms with E-state index in [0.717, 1.165) is 6.07 Å². The van der Waals surface area contributed by atoms with Crippen molar-refractivity contribution in [2.75, 3.05) is 5.32 Å². The van der Waals surface area contributed by atoms with Gasteiger partial charge in [0.15, 0.2) is 17.5 Å². The Hall–Kier alpha value is -2.50. The number of nitrogens with one attached hydrogen (secondary N) is 1. The van der Waals surface area contributed by atoms with Gasteiger partial charge in [0, 0.05) is 0 Å². The molecule has 0 atom stereocenters. The first-order valence-corrected chi connectivity index (χ1v) is 5.65. The summed E-state index contributed by atoms with van der Waals surface area (Å²) in [7, 11) is 0. The van der Waals surface area contributed by atoms with Gasteiger partial charge in [-0.1, -0.05) is 12.1 Å². The third-order valence-electron chi connectivity index (χ3n) is 2.76. The molecule has 0 saturated carbocycles. The lowest BCUT2D eigenvalue weighted by Crippen LogP contribution is -2.06. The molecular formula is C14H10F3NO2. The highest BCUT2D eigenvalue weighted by Crippen LogP contribution is 2.29. The molecule has 0 aromatic heterocycles. The lowest BCUT2D eigenvalue weighted by atomic mass is 10.1. The van der Waals surface area contributed by atoms with E-state index < -0.39 is 29.1 Å². The molecule has 0 aliphatic rings. The minimum absolute atomic E-state index is 0.0252. The van der Waals surface area contributed by atoms with Crippen LogP contribution in [0.25, 0.3) is 0 Å². The van der Waals surface area contributed by atoms with Crippen molar-refractivity contribution in [3.05, 3.63) is 58.9 Å². The van der Waals surface area contributed by atoms with Crippen molar-refractivity contribution in [1.82, 2.24) is 0 Å². The first kappa shape index (κ1) is 13.9. The SMILES string of the molecule is Cc1cc(F)c(F)c(Nc2ccccc2C(=O)O)c1F. The Balaban J connectivity index is 2.54. The van der Waals surface area contributed by atoms with Gasteiger partial charge < -0.3 is 10.4 Å². The van der Waals surface area contributed by atoms with Gasteiger partial charge in [0.2, 0.25) is 0 Å².